The number of hydrogen-bond donors (Lipinski definition) is 4. The minimum atomic E-state index is -2.65. The number of hydrogen-bond acceptors (Lipinski definition) is 8. The summed E-state index contributed by atoms with van der Waals surface area (Å²) in [6.07, 6.45) is 5.73. The lowest BCUT2D eigenvalue weighted by molar-refractivity contribution is -0.171. The smallest absolute Gasteiger partial charge is 0.209 e. The van der Waals surface area contributed by atoms with E-state index in [-0.39, 0.29) is 47.3 Å². The van der Waals surface area contributed by atoms with E-state index in [1.165, 1.54) is 6.07 Å². The molecule has 4 aliphatic rings. The van der Waals surface area contributed by atoms with Gasteiger partial charge < -0.3 is 20.4 Å². The van der Waals surface area contributed by atoms with Crippen LogP contribution in [0.5, 0.6) is 5.75 Å². The highest BCUT2D eigenvalue weighted by molar-refractivity contribution is 6.25. The number of Topliss-reactive ketones (excluding diaryl/α,β-unsaturated/α-hetero) is 4. The Kier molecular flexibility index (Phi) is 6.88. The molecule has 4 N–H and O–H groups in total. The number of fused-ring (bicyclic) bond motifs is 3. The van der Waals surface area contributed by atoms with Gasteiger partial charge in [-0.2, -0.15) is 0 Å². The van der Waals surface area contributed by atoms with Crippen molar-refractivity contribution in [3.63, 3.8) is 0 Å². The zero-order chi connectivity index (χ0) is 30.2. The van der Waals surface area contributed by atoms with Crippen molar-refractivity contribution >= 4 is 23.1 Å². The van der Waals surface area contributed by atoms with Crippen LogP contribution in [-0.4, -0.2) is 49.2 Å². The van der Waals surface area contributed by atoms with Crippen LogP contribution in [0.1, 0.15) is 106 Å². The second kappa shape index (κ2) is 9.65. The summed E-state index contributed by atoms with van der Waals surface area (Å²) in [6.45, 7) is 8.03. The standard InChI is InChI=1S/C33H40O8/c1-16(2)25-27(37)23(17(3)34)29(39)33(41)30(40)26-28(38)24-20(14-31(26,4)15-32(25,33)5)19(11-12-21(24)35)22(36)13-18-9-7-6-8-10-18/h11-12,16,18,25,35,37,40-41H,6-10,13-15H2,1-5H3/t25?,31-,32-,33+/m1/s1. The Morgan fingerprint density at radius 2 is 1.66 bits per heavy atom. The van der Waals surface area contributed by atoms with E-state index >= 15 is 0 Å². The molecule has 5 rings (SSSR count). The average molecular weight is 565 g/mol. The number of aliphatic hydroxyl groups is 3. The van der Waals surface area contributed by atoms with Gasteiger partial charge >= 0.3 is 0 Å². The van der Waals surface area contributed by atoms with Gasteiger partial charge in [0.1, 0.15) is 22.8 Å². The first-order chi connectivity index (χ1) is 19.1. The monoisotopic (exact) mass is 564 g/mol. The van der Waals surface area contributed by atoms with Crippen LogP contribution in [0.25, 0.3) is 0 Å². The summed E-state index contributed by atoms with van der Waals surface area (Å²) in [5.41, 5.74) is -5.44. The number of benzene rings is 1. The van der Waals surface area contributed by atoms with Crippen molar-refractivity contribution in [1.82, 2.24) is 0 Å². The third-order valence-electron chi connectivity index (χ3n) is 10.4. The van der Waals surface area contributed by atoms with Gasteiger partial charge in [0.15, 0.2) is 23.0 Å². The molecule has 1 fully saturated rings. The van der Waals surface area contributed by atoms with Crippen LogP contribution in [-0.2, 0) is 16.0 Å². The lowest BCUT2D eigenvalue weighted by Gasteiger charge is -2.59. The van der Waals surface area contributed by atoms with Crippen LogP contribution in [0, 0.1) is 28.6 Å². The van der Waals surface area contributed by atoms with Gasteiger partial charge in [-0.25, -0.2) is 0 Å². The molecule has 1 aromatic rings. The van der Waals surface area contributed by atoms with Crippen molar-refractivity contribution in [3.8, 4) is 5.75 Å². The second-order valence-corrected chi connectivity index (χ2v) is 13.6. The van der Waals surface area contributed by atoms with E-state index in [0.717, 1.165) is 39.0 Å². The Hall–Kier alpha value is -3.26. The van der Waals surface area contributed by atoms with E-state index in [1.54, 1.807) is 33.8 Å². The highest BCUT2D eigenvalue weighted by Crippen LogP contribution is 2.65. The van der Waals surface area contributed by atoms with E-state index in [2.05, 4.69) is 0 Å². The number of carbonyl (C=O) groups excluding carboxylic acids is 4. The molecule has 8 heteroatoms. The minimum absolute atomic E-state index is 0.00316. The zero-order valence-corrected chi connectivity index (χ0v) is 24.5. The molecule has 8 nitrogen and oxygen atoms in total. The van der Waals surface area contributed by atoms with Crippen molar-refractivity contribution in [2.45, 2.75) is 91.6 Å². The molecule has 220 valence electrons. The van der Waals surface area contributed by atoms with Crippen LogP contribution in [0.3, 0.4) is 0 Å². The molecule has 0 bridgehead atoms. The Morgan fingerprint density at radius 1 is 1.02 bits per heavy atom. The SMILES string of the molecule is CC(=O)C1=C(O)C(C(C)C)[C@@]2(C)C[C@@]3(C)Cc4c(C(=O)CC5CCCCC5)ccc(O)c4C(=O)C3=C(O)[C@@]2(O)C1=O. The van der Waals surface area contributed by atoms with E-state index in [9.17, 15) is 39.6 Å². The Bertz CT molecular complexity index is 1440. The molecule has 4 aliphatic carbocycles. The summed E-state index contributed by atoms with van der Waals surface area (Å²) in [5, 5.41) is 45.9. The molecule has 1 saturated carbocycles. The molecule has 0 spiro atoms. The molecule has 1 unspecified atom stereocenters. The van der Waals surface area contributed by atoms with Crippen molar-refractivity contribution in [1.29, 1.82) is 0 Å². The summed E-state index contributed by atoms with van der Waals surface area (Å²) < 4.78 is 0. The second-order valence-electron chi connectivity index (χ2n) is 13.6. The molecule has 0 aliphatic heterocycles. The highest BCUT2D eigenvalue weighted by Gasteiger charge is 2.71. The summed E-state index contributed by atoms with van der Waals surface area (Å²) in [6, 6.07) is 2.86. The fourth-order valence-corrected chi connectivity index (χ4v) is 8.76. The number of ketones is 4. The molecule has 41 heavy (non-hydrogen) atoms. The third-order valence-corrected chi connectivity index (χ3v) is 10.4. The fourth-order valence-electron chi connectivity index (χ4n) is 8.76. The van der Waals surface area contributed by atoms with Gasteiger partial charge in [-0.1, -0.05) is 59.8 Å². The van der Waals surface area contributed by atoms with Crippen LogP contribution in [0.15, 0.2) is 34.8 Å². The normalized spacial score (nSPS) is 32.1. The summed E-state index contributed by atoms with van der Waals surface area (Å²) >= 11 is 0. The predicted molar refractivity (Wildman–Crippen MR) is 151 cm³/mol. The molecule has 0 aromatic heterocycles. The van der Waals surface area contributed by atoms with Crippen molar-refractivity contribution in [2.75, 3.05) is 0 Å². The van der Waals surface area contributed by atoms with Gasteiger partial charge in [0.2, 0.25) is 5.78 Å². The number of aliphatic hydroxyl groups excluding tert-OH is 2. The number of phenols is 1. The third kappa shape index (κ3) is 3.97. The van der Waals surface area contributed by atoms with Gasteiger partial charge in [-0.05, 0) is 49.3 Å². The van der Waals surface area contributed by atoms with Crippen LogP contribution in [0.2, 0.25) is 0 Å². The van der Waals surface area contributed by atoms with Gasteiger partial charge in [0.25, 0.3) is 0 Å². The minimum Gasteiger partial charge on any atom is -0.511 e. The summed E-state index contributed by atoms with van der Waals surface area (Å²) in [7, 11) is 0. The first-order valence-corrected chi connectivity index (χ1v) is 14.7. The van der Waals surface area contributed by atoms with Crippen molar-refractivity contribution < 1.29 is 39.6 Å². The maximum atomic E-state index is 14.1. The lowest BCUT2D eigenvalue weighted by Crippen LogP contribution is -2.67. The highest BCUT2D eigenvalue weighted by atomic mass is 16.3. The van der Waals surface area contributed by atoms with Gasteiger partial charge in [-0.15, -0.1) is 0 Å². The van der Waals surface area contributed by atoms with Crippen molar-refractivity contribution in [3.05, 3.63) is 51.5 Å². The largest absolute Gasteiger partial charge is 0.511 e. The number of rotatable bonds is 5. The Morgan fingerprint density at radius 3 is 2.24 bits per heavy atom. The summed E-state index contributed by atoms with van der Waals surface area (Å²) in [5.74, 6) is -5.36. The zero-order valence-electron chi connectivity index (χ0n) is 24.5. The topological polar surface area (TPSA) is 149 Å². The number of allylic oxidation sites excluding steroid dienone is 2. The Balaban J connectivity index is 1.70. The van der Waals surface area contributed by atoms with E-state index in [0.29, 0.717) is 17.5 Å². The van der Waals surface area contributed by atoms with Crippen LogP contribution < -0.4 is 0 Å². The lowest BCUT2D eigenvalue weighted by atomic mass is 9.44. The van der Waals surface area contributed by atoms with Gasteiger partial charge in [0.05, 0.1) is 5.56 Å². The molecule has 0 radical (unpaired) electrons. The van der Waals surface area contributed by atoms with Crippen LogP contribution >= 0.6 is 0 Å². The molecule has 0 amide bonds. The molecule has 0 saturated heterocycles. The van der Waals surface area contributed by atoms with E-state index in [1.807, 2.05) is 0 Å². The fraction of sp³-hybridized carbons (Fsp3) is 0.576. The van der Waals surface area contributed by atoms with Crippen LogP contribution in [0.4, 0.5) is 0 Å². The number of carbonyl (C=O) groups is 4. The molecular weight excluding hydrogens is 524 g/mol. The predicted octanol–water partition coefficient (Wildman–Crippen LogP) is 5.50. The van der Waals surface area contributed by atoms with E-state index < -0.39 is 56.8 Å². The average Bonchev–Trinajstić information content (AvgIpc) is 2.86. The maximum Gasteiger partial charge on any atom is 0.209 e. The first-order valence-electron chi connectivity index (χ1n) is 14.7. The Labute approximate surface area is 240 Å². The van der Waals surface area contributed by atoms with Gasteiger partial charge in [0, 0.05) is 34.3 Å². The van der Waals surface area contributed by atoms with Gasteiger partial charge in [-0.3, -0.25) is 19.2 Å². The summed E-state index contributed by atoms with van der Waals surface area (Å²) in [4.78, 5) is 54.0. The van der Waals surface area contributed by atoms with E-state index in [4.69, 9.17) is 0 Å². The van der Waals surface area contributed by atoms with Crippen molar-refractivity contribution in [2.24, 2.45) is 28.6 Å². The maximum absolute atomic E-state index is 14.1. The molecule has 1 aromatic carbocycles. The molecule has 4 atom stereocenters. The number of phenolic OH excluding ortho intramolecular Hbond substituents is 1. The first kappa shape index (κ1) is 29.2. The molecule has 0 heterocycles. The molecular formula is C33H40O8. The number of aromatic hydroxyl groups is 1. The quantitative estimate of drug-likeness (QED) is 0.271.